The van der Waals surface area contributed by atoms with Gasteiger partial charge in [0.15, 0.2) is 5.82 Å². The summed E-state index contributed by atoms with van der Waals surface area (Å²) in [5.41, 5.74) is 2.77. The maximum absolute atomic E-state index is 12.5. The second-order valence-corrected chi connectivity index (χ2v) is 7.50. The number of nitrogens with zero attached hydrogens (tertiary/aromatic N) is 6. The third-order valence-corrected chi connectivity index (χ3v) is 5.55. The van der Waals surface area contributed by atoms with Crippen LogP contribution in [0, 0.1) is 0 Å². The molecule has 0 spiro atoms. The van der Waals surface area contributed by atoms with Crippen LogP contribution in [-0.2, 0) is 6.54 Å². The van der Waals surface area contributed by atoms with Gasteiger partial charge in [-0.3, -0.25) is 14.8 Å². The Labute approximate surface area is 163 Å². The van der Waals surface area contributed by atoms with Crippen molar-refractivity contribution in [1.82, 2.24) is 24.7 Å². The summed E-state index contributed by atoms with van der Waals surface area (Å²) < 4.78 is 1.59. The standard InChI is InChI=1S/C21H22N6O/c28-19-6-5-18(15-7-9-22-10-8-15)25-27(19)14-17-2-1-13-26(17)21-20(16-3-4-16)23-11-12-24-21/h5-12,16-17H,1-4,13-14H2. The molecule has 1 aliphatic heterocycles. The molecular weight excluding hydrogens is 352 g/mol. The minimum atomic E-state index is -0.0776. The molecule has 7 nitrogen and oxygen atoms in total. The number of hydrogen-bond acceptors (Lipinski definition) is 6. The topological polar surface area (TPSA) is 76.8 Å². The van der Waals surface area contributed by atoms with Gasteiger partial charge in [-0.25, -0.2) is 9.67 Å². The summed E-state index contributed by atoms with van der Waals surface area (Å²) in [6.45, 7) is 1.50. The van der Waals surface area contributed by atoms with Crippen molar-refractivity contribution < 1.29 is 0 Å². The van der Waals surface area contributed by atoms with Gasteiger partial charge in [0.2, 0.25) is 0 Å². The molecule has 0 bridgehead atoms. The van der Waals surface area contributed by atoms with Crippen LogP contribution >= 0.6 is 0 Å². The van der Waals surface area contributed by atoms with E-state index >= 15 is 0 Å². The average Bonchev–Trinajstić information content (AvgIpc) is 3.49. The average molecular weight is 374 g/mol. The molecule has 142 valence electrons. The van der Waals surface area contributed by atoms with Gasteiger partial charge < -0.3 is 4.90 Å². The van der Waals surface area contributed by atoms with Gasteiger partial charge in [0.1, 0.15) is 0 Å². The summed E-state index contributed by atoms with van der Waals surface area (Å²) in [5, 5.41) is 4.62. The predicted octanol–water partition coefficient (Wildman–Crippen LogP) is 2.64. The van der Waals surface area contributed by atoms with Crippen LogP contribution in [0.2, 0.25) is 0 Å². The van der Waals surface area contributed by atoms with Crippen molar-refractivity contribution in [3.05, 3.63) is 65.1 Å². The van der Waals surface area contributed by atoms with Gasteiger partial charge in [-0.05, 0) is 43.9 Å². The lowest BCUT2D eigenvalue weighted by Gasteiger charge is -2.27. The quantitative estimate of drug-likeness (QED) is 0.683. The molecule has 0 amide bonds. The maximum Gasteiger partial charge on any atom is 0.266 e. The fraction of sp³-hybridized carbons (Fsp3) is 0.381. The number of aromatic nitrogens is 5. The monoisotopic (exact) mass is 374 g/mol. The zero-order valence-electron chi connectivity index (χ0n) is 15.6. The van der Waals surface area contributed by atoms with Gasteiger partial charge in [-0.15, -0.1) is 0 Å². The molecule has 28 heavy (non-hydrogen) atoms. The van der Waals surface area contributed by atoms with E-state index in [1.165, 1.54) is 12.8 Å². The normalized spacial score (nSPS) is 19.1. The maximum atomic E-state index is 12.5. The van der Waals surface area contributed by atoms with Crippen molar-refractivity contribution in [2.75, 3.05) is 11.4 Å². The molecule has 0 N–H and O–H groups in total. The molecule has 1 saturated carbocycles. The molecule has 1 atom stereocenters. The van der Waals surface area contributed by atoms with Gasteiger partial charge >= 0.3 is 0 Å². The fourth-order valence-corrected chi connectivity index (χ4v) is 3.97. The van der Waals surface area contributed by atoms with Crippen molar-refractivity contribution in [3.8, 4) is 11.3 Å². The molecule has 1 unspecified atom stereocenters. The van der Waals surface area contributed by atoms with E-state index in [4.69, 9.17) is 0 Å². The van der Waals surface area contributed by atoms with E-state index in [2.05, 4.69) is 25.0 Å². The first-order valence-electron chi connectivity index (χ1n) is 9.86. The SMILES string of the molecule is O=c1ccc(-c2ccncc2)nn1CC1CCCN1c1nccnc1C1CC1. The molecule has 5 rings (SSSR count). The van der Waals surface area contributed by atoms with E-state index in [0.29, 0.717) is 12.5 Å². The van der Waals surface area contributed by atoms with Crippen LogP contribution in [0.15, 0.2) is 53.8 Å². The highest BCUT2D eigenvalue weighted by Crippen LogP contribution is 2.43. The summed E-state index contributed by atoms with van der Waals surface area (Å²) in [4.78, 5) is 28.1. The second kappa shape index (κ2) is 7.14. The number of anilines is 1. The highest BCUT2D eigenvalue weighted by molar-refractivity contribution is 5.57. The fourth-order valence-electron chi connectivity index (χ4n) is 3.97. The Morgan fingerprint density at radius 3 is 2.61 bits per heavy atom. The molecule has 2 aliphatic rings. The summed E-state index contributed by atoms with van der Waals surface area (Å²) in [6.07, 6.45) is 11.5. The Kier molecular flexibility index (Phi) is 4.35. The zero-order chi connectivity index (χ0) is 18.9. The van der Waals surface area contributed by atoms with Gasteiger partial charge in [0.25, 0.3) is 5.56 Å². The third-order valence-electron chi connectivity index (χ3n) is 5.55. The summed E-state index contributed by atoms with van der Waals surface area (Å²) in [5.74, 6) is 1.53. The van der Waals surface area contributed by atoms with E-state index in [1.54, 1.807) is 41.6 Å². The molecule has 0 aromatic carbocycles. The highest BCUT2D eigenvalue weighted by atomic mass is 16.1. The Morgan fingerprint density at radius 1 is 0.964 bits per heavy atom. The predicted molar refractivity (Wildman–Crippen MR) is 106 cm³/mol. The first-order valence-corrected chi connectivity index (χ1v) is 9.86. The van der Waals surface area contributed by atoms with Crippen molar-refractivity contribution in [3.63, 3.8) is 0 Å². The molecule has 3 aromatic rings. The minimum absolute atomic E-state index is 0.0776. The first-order chi connectivity index (χ1) is 13.8. The van der Waals surface area contributed by atoms with E-state index in [0.717, 1.165) is 42.2 Å². The lowest BCUT2D eigenvalue weighted by Crippen LogP contribution is -2.38. The Bertz CT molecular complexity index is 1030. The number of rotatable bonds is 5. The third kappa shape index (κ3) is 3.28. The minimum Gasteiger partial charge on any atom is -0.350 e. The van der Waals surface area contributed by atoms with Crippen LogP contribution in [0.5, 0.6) is 0 Å². The largest absolute Gasteiger partial charge is 0.350 e. The first kappa shape index (κ1) is 17.0. The Morgan fingerprint density at radius 2 is 1.79 bits per heavy atom. The van der Waals surface area contributed by atoms with Gasteiger partial charge in [-0.1, -0.05) is 0 Å². The molecule has 3 aromatic heterocycles. The van der Waals surface area contributed by atoms with Crippen LogP contribution in [0.1, 0.15) is 37.3 Å². The van der Waals surface area contributed by atoms with Gasteiger partial charge in [0, 0.05) is 48.9 Å². The lowest BCUT2D eigenvalue weighted by atomic mass is 10.2. The molecule has 4 heterocycles. The lowest BCUT2D eigenvalue weighted by molar-refractivity contribution is 0.488. The number of hydrogen-bond donors (Lipinski definition) is 0. The van der Waals surface area contributed by atoms with E-state index < -0.39 is 0 Å². The summed E-state index contributed by atoms with van der Waals surface area (Å²) in [7, 11) is 0. The van der Waals surface area contributed by atoms with Gasteiger partial charge in [0.05, 0.1) is 24.0 Å². The zero-order valence-corrected chi connectivity index (χ0v) is 15.6. The molecule has 1 saturated heterocycles. The van der Waals surface area contributed by atoms with Crippen LogP contribution in [0.3, 0.4) is 0 Å². The van der Waals surface area contributed by atoms with Crippen LogP contribution in [0.25, 0.3) is 11.3 Å². The van der Waals surface area contributed by atoms with E-state index in [-0.39, 0.29) is 11.6 Å². The van der Waals surface area contributed by atoms with Crippen LogP contribution < -0.4 is 10.5 Å². The molecule has 2 fully saturated rings. The van der Waals surface area contributed by atoms with Crippen molar-refractivity contribution in [1.29, 1.82) is 0 Å². The van der Waals surface area contributed by atoms with E-state index in [1.807, 2.05) is 12.1 Å². The molecular formula is C21H22N6O. The van der Waals surface area contributed by atoms with Crippen molar-refractivity contribution in [2.45, 2.75) is 44.2 Å². The van der Waals surface area contributed by atoms with Crippen LogP contribution in [-0.4, -0.2) is 37.3 Å². The smallest absolute Gasteiger partial charge is 0.266 e. The van der Waals surface area contributed by atoms with Crippen molar-refractivity contribution in [2.24, 2.45) is 0 Å². The summed E-state index contributed by atoms with van der Waals surface area (Å²) >= 11 is 0. The number of pyridine rings is 1. The summed E-state index contributed by atoms with van der Waals surface area (Å²) in [6, 6.07) is 7.38. The van der Waals surface area contributed by atoms with E-state index in [9.17, 15) is 4.79 Å². The molecule has 0 radical (unpaired) electrons. The molecule has 1 aliphatic carbocycles. The van der Waals surface area contributed by atoms with Crippen molar-refractivity contribution >= 4 is 5.82 Å². The molecule has 7 heteroatoms. The van der Waals surface area contributed by atoms with Gasteiger partial charge in [-0.2, -0.15) is 5.10 Å². The Balaban J connectivity index is 1.44. The highest BCUT2D eigenvalue weighted by Gasteiger charge is 2.34. The van der Waals surface area contributed by atoms with Crippen LogP contribution in [0.4, 0.5) is 5.82 Å². The second-order valence-electron chi connectivity index (χ2n) is 7.50. The Hall–Kier alpha value is -3.09.